The largest absolute Gasteiger partial charge is 0.405 e. The maximum atomic E-state index is 5.14. The van der Waals surface area contributed by atoms with Gasteiger partial charge in [0.25, 0.3) is 0 Å². The Kier molecular flexibility index (Phi) is 3.76. The number of rotatable bonds is 2. The van der Waals surface area contributed by atoms with Crippen molar-refractivity contribution in [2.75, 3.05) is 0 Å². The lowest BCUT2D eigenvalue weighted by atomic mass is 10.3. The molecule has 0 heterocycles. The van der Waals surface area contributed by atoms with Crippen molar-refractivity contribution in [1.29, 1.82) is 0 Å². The highest BCUT2D eigenvalue weighted by molar-refractivity contribution is 5.92. The highest BCUT2D eigenvalue weighted by Gasteiger charge is 1.85. The number of aliphatic imine (C=N–C) groups is 1. The fourth-order valence-corrected chi connectivity index (χ4v) is 0.590. The van der Waals surface area contributed by atoms with Crippen LogP contribution in [0.15, 0.2) is 17.3 Å². The molecule has 52 valence electrons. The van der Waals surface area contributed by atoms with E-state index in [9.17, 15) is 0 Å². The van der Waals surface area contributed by atoms with Crippen LogP contribution in [0.25, 0.3) is 0 Å². The molecule has 0 aromatic rings. The van der Waals surface area contributed by atoms with E-state index >= 15 is 0 Å². The van der Waals surface area contributed by atoms with Crippen LogP contribution in [0, 0.1) is 0 Å². The van der Waals surface area contributed by atoms with Crippen molar-refractivity contribution in [3.63, 3.8) is 0 Å². The van der Waals surface area contributed by atoms with Gasteiger partial charge in [-0.15, -0.1) is 0 Å². The summed E-state index contributed by atoms with van der Waals surface area (Å²) in [5, 5.41) is 0. The first-order chi connectivity index (χ1) is 4.16. The Labute approximate surface area is 56.5 Å². The van der Waals surface area contributed by atoms with Crippen LogP contribution in [-0.2, 0) is 0 Å². The zero-order valence-corrected chi connectivity index (χ0v) is 6.26. The quantitative estimate of drug-likeness (QED) is 0.557. The van der Waals surface area contributed by atoms with Crippen LogP contribution < -0.4 is 5.73 Å². The molecule has 2 heteroatoms. The summed E-state index contributed by atoms with van der Waals surface area (Å²) < 4.78 is 0. The van der Waals surface area contributed by atoms with Gasteiger partial charge in [-0.05, 0) is 33.0 Å². The molecule has 9 heavy (non-hydrogen) atoms. The maximum Gasteiger partial charge on any atom is 0.0446 e. The fourth-order valence-electron chi connectivity index (χ4n) is 0.590. The summed E-state index contributed by atoms with van der Waals surface area (Å²) >= 11 is 0. The standard InChI is InChI=1S/C7H14N2/c1-6(2)9-7(3)4-5-8/h4-6H,8H2,1-3H3/b5-4-,9-7?. The van der Waals surface area contributed by atoms with Crippen LogP contribution in [-0.4, -0.2) is 11.8 Å². The Morgan fingerprint density at radius 3 is 2.44 bits per heavy atom. The van der Waals surface area contributed by atoms with Gasteiger partial charge in [-0.1, -0.05) is 0 Å². The van der Waals surface area contributed by atoms with E-state index in [2.05, 4.69) is 4.99 Å². The van der Waals surface area contributed by atoms with Gasteiger partial charge in [-0.25, -0.2) is 0 Å². The van der Waals surface area contributed by atoms with Gasteiger partial charge in [-0.3, -0.25) is 4.99 Å². The van der Waals surface area contributed by atoms with Crippen molar-refractivity contribution < 1.29 is 0 Å². The molecule has 0 saturated carbocycles. The molecule has 0 fully saturated rings. The van der Waals surface area contributed by atoms with Gasteiger partial charge in [0, 0.05) is 11.8 Å². The van der Waals surface area contributed by atoms with Gasteiger partial charge in [-0.2, -0.15) is 0 Å². The normalized spacial score (nSPS) is 13.6. The summed E-state index contributed by atoms with van der Waals surface area (Å²) in [4.78, 5) is 4.22. The molecule has 0 aliphatic carbocycles. The Hall–Kier alpha value is -0.790. The van der Waals surface area contributed by atoms with Crippen molar-refractivity contribution in [1.82, 2.24) is 0 Å². The molecule has 0 spiro atoms. The predicted molar refractivity (Wildman–Crippen MR) is 41.6 cm³/mol. The summed E-state index contributed by atoms with van der Waals surface area (Å²) in [5.41, 5.74) is 6.12. The number of nitrogens with zero attached hydrogens (tertiary/aromatic N) is 1. The first-order valence-corrected chi connectivity index (χ1v) is 3.09. The number of allylic oxidation sites excluding steroid dienone is 1. The van der Waals surface area contributed by atoms with Crippen LogP contribution in [0.4, 0.5) is 0 Å². The fraction of sp³-hybridized carbons (Fsp3) is 0.571. The molecular weight excluding hydrogens is 112 g/mol. The molecule has 0 aliphatic rings. The van der Waals surface area contributed by atoms with Crippen LogP contribution >= 0.6 is 0 Å². The van der Waals surface area contributed by atoms with E-state index in [4.69, 9.17) is 5.73 Å². The lowest BCUT2D eigenvalue weighted by Gasteiger charge is -1.95. The minimum atomic E-state index is 0.362. The molecule has 0 unspecified atom stereocenters. The van der Waals surface area contributed by atoms with Crippen molar-refractivity contribution >= 4 is 5.71 Å². The zero-order chi connectivity index (χ0) is 7.28. The molecular formula is C7H14N2. The van der Waals surface area contributed by atoms with E-state index in [0.29, 0.717) is 6.04 Å². The Bertz CT molecular complexity index is 123. The summed E-state index contributed by atoms with van der Waals surface area (Å²) in [5.74, 6) is 0. The van der Waals surface area contributed by atoms with Crippen LogP contribution in [0.5, 0.6) is 0 Å². The van der Waals surface area contributed by atoms with E-state index < -0.39 is 0 Å². The monoisotopic (exact) mass is 126 g/mol. The molecule has 0 bridgehead atoms. The molecule has 2 nitrogen and oxygen atoms in total. The molecule has 0 aliphatic heterocycles. The van der Waals surface area contributed by atoms with Gasteiger partial charge in [0.2, 0.25) is 0 Å². The first-order valence-electron chi connectivity index (χ1n) is 3.09. The SMILES string of the molecule is CC(/C=C\N)=NC(C)C. The minimum absolute atomic E-state index is 0.362. The van der Waals surface area contributed by atoms with Gasteiger partial charge >= 0.3 is 0 Å². The lowest BCUT2D eigenvalue weighted by Crippen LogP contribution is -1.95. The van der Waals surface area contributed by atoms with Crippen molar-refractivity contribution in [2.45, 2.75) is 26.8 Å². The summed E-state index contributed by atoms with van der Waals surface area (Å²) in [7, 11) is 0. The van der Waals surface area contributed by atoms with E-state index in [1.807, 2.05) is 20.8 Å². The van der Waals surface area contributed by atoms with Gasteiger partial charge in [0.15, 0.2) is 0 Å². The number of hydrogen-bond donors (Lipinski definition) is 1. The molecule has 0 radical (unpaired) electrons. The van der Waals surface area contributed by atoms with E-state index in [0.717, 1.165) is 5.71 Å². The zero-order valence-electron chi connectivity index (χ0n) is 6.26. The Morgan fingerprint density at radius 2 is 2.11 bits per heavy atom. The average Bonchev–Trinajstić information content (AvgIpc) is 1.63. The number of hydrogen-bond acceptors (Lipinski definition) is 2. The van der Waals surface area contributed by atoms with Crippen molar-refractivity contribution in [2.24, 2.45) is 10.7 Å². The molecule has 0 aromatic heterocycles. The molecule has 0 amide bonds. The van der Waals surface area contributed by atoms with Crippen LogP contribution in [0.3, 0.4) is 0 Å². The first kappa shape index (κ1) is 8.21. The van der Waals surface area contributed by atoms with E-state index in [-0.39, 0.29) is 0 Å². The van der Waals surface area contributed by atoms with Gasteiger partial charge in [0.05, 0.1) is 0 Å². The van der Waals surface area contributed by atoms with E-state index in [1.165, 1.54) is 6.20 Å². The second-order valence-electron chi connectivity index (χ2n) is 2.22. The van der Waals surface area contributed by atoms with Gasteiger partial charge < -0.3 is 5.73 Å². The van der Waals surface area contributed by atoms with E-state index in [1.54, 1.807) is 6.08 Å². The highest BCUT2D eigenvalue weighted by atomic mass is 14.8. The smallest absolute Gasteiger partial charge is 0.0446 e. The van der Waals surface area contributed by atoms with Crippen LogP contribution in [0.2, 0.25) is 0 Å². The Morgan fingerprint density at radius 1 is 1.56 bits per heavy atom. The van der Waals surface area contributed by atoms with Crippen molar-refractivity contribution in [3.8, 4) is 0 Å². The summed E-state index contributed by atoms with van der Waals surface area (Å²) in [6.45, 7) is 6.01. The minimum Gasteiger partial charge on any atom is -0.405 e. The van der Waals surface area contributed by atoms with Crippen molar-refractivity contribution in [3.05, 3.63) is 12.3 Å². The molecule has 0 rings (SSSR count). The third kappa shape index (κ3) is 5.07. The molecule has 0 saturated heterocycles. The highest BCUT2D eigenvalue weighted by Crippen LogP contribution is 1.88. The third-order valence-corrected chi connectivity index (χ3v) is 0.799. The topological polar surface area (TPSA) is 38.4 Å². The van der Waals surface area contributed by atoms with Gasteiger partial charge in [0.1, 0.15) is 0 Å². The second-order valence-corrected chi connectivity index (χ2v) is 2.22. The average molecular weight is 126 g/mol. The lowest BCUT2D eigenvalue weighted by molar-refractivity contribution is 0.836. The molecule has 0 atom stereocenters. The second kappa shape index (κ2) is 4.13. The van der Waals surface area contributed by atoms with Crippen LogP contribution in [0.1, 0.15) is 20.8 Å². The summed E-state index contributed by atoms with van der Waals surface area (Å²) in [6.07, 6.45) is 3.29. The molecule has 0 aromatic carbocycles. The Balaban J connectivity index is 3.84. The maximum absolute atomic E-state index is 5.14. The third-order valence-electron chi connectivity index (χ3n) is 0.799. The summed E-state index contributed by atoms with van der Waals surface area (Å²) in [6, 6.07) is 0.362. The number of nitrogens with two attached hydrogens (primary N) is 1. The molecule has 2 N–H and O–H groups in total. The predicted octanol–water partition coefficient (Wildman–Crippen LogP) is 1.33.